The van der Waals surface area contributed by atoms with E-state index in [1.807, 2.05) is 18.2 Å². The van der Waals surface area contributed by atoms with Crippen LogP contribution in [0.3, 0.4) is 0 Å². The summed E-state index contributed by atoms with van der Waals surface area (Å²) in [6, 6.07) is 6.19. The van der Waals surface area contributed by atoms with Crippen LogP contribution in [0.1, 0.15) is 24.8 Å². The second-order valence-electron chi connectivity index (χ2n) is 3.80. The van der Waals surface area contributed by atoms with Gasteiger partial charge in [0.1, 0.15) is 0 Å². The van der Waals surface area contributed by atoms with E-state index >= 15 is 0 Å². The summed E-state index contributed by atoms with van der Waals surface area (Å²) in [7, 11) is 0. The van der Waals surface area contributed by atoms with Crippen molar-refractivity contribution in [3.63, 3.8) is 0 Å². The van der Waals surface area contributed by atoms with Crippen molar-refractivity contribution >= 4 is 23.2 Å². The highest BCUT2D eigenvalue weighted by atomic mass is 35.5. The summed E-state index contributed by atoms with van der Waals surface area (Å²) < 4.78 is 0. The average molecular weight is 230 g/mol. The Hall–Kier alpha value is -0.240. The smallest absolute Gasteiger partial charge is 0.0442 e. The summed E-state index contributed by atoms with van der Waals surface area (Å²) in [6.45, 7) is 3.25. The minimum Gasteiger partial charge on any atom is -0.314 e. The zero-order valence-corrected chi connectivity index (χ0v) is 9.57. The molecule has 0 bridgehead atoms. The first-order valence-corrected chi connectivity index (χ1v) is 5.62. The first-order chi connectivity index (χ1) is 6.68. The molecule has 1 nitrogen and oxygen atoms in total. The molecule has 1 aliphatic rings. The zero-order valence-electron chi connectivity index (χ0n) is 8.06. The van der Waals surface area contributed by atoms with Crippen molar-refractivity contribution in [2.75, 3.05) is 6.54 Å². The first-order valence-electron chi connectivity index (χ1n) is 4.87. The molecule has 0 radical (unpaired) electrons. The van der Waals surface area contributed by atoms with Gasteiger partial charge in [-0.3, -0.25) is 0 Å². The van der Waals surface area contributed by atoms with E-state index in [0.717, 1.165) is 23.0 Å². The van der Waals surface area contributed by atoms with E-state index < -0.39 is 0 Å². The molecule has 1 aromatic rings. The molecule has 76 valence electrons. The number of halogens is 2. The fourth-order valence-corrected chi connectivity index (χ4v) is 2.52. The molecular weight excluding hydrogens is 217 g/mol. The van der Waals surface area contributed by atoms with Gasteiger partial charge >= 0.3 is 0 Å². The van der Waals surface area contributed by atoms with Gasteiger partial charge in [-0.2, -0.15) is 0 Å². The summed E-state index contributed by atoms with van der Waals surface area (Å²) >= 11 is 12.1. The van der Waals surface area contributed by atoms with Crippen molar-refractivity contribution in [3.05, 3.63) is 33.8 Å². The van der Waals surface area contributed by atoms with Gasteiger partial charge in [0.2, 0.25) is 0 Å². The molecule has 0 saturated carbocycles. The maximum absolute atomic E-state index is 6.16. The maximum Gasteiger partial charge on any atom is 0.0442 e. The summed E-state index contributed by atoms with van der Waals surface area (Å²) in [5, 5.41) is 5.01. The van der Waals surface area contributed by atoms with Crippen molar-refractivity contribution in [2.45, 2.75) is 25.3 Å². The molecule has 0 amide bonds. The molecule has 2 atom stereocenters. The van der Waals surface area contributed by atoms with E-state index in [-0.39, 0.29) is 0 Å². The summed E-state index contributed by atoms with van der Waals surface area (Å²) in [5.41, 5.74) is 1.18. The van der Waals surface area contributed by atoms with Crippen LogP contribution in [-0.4, -0.2) is 12.6 Å². The monoisotopic (exact) mass is 229 g/mol. The number of benzene rings is 1. The van der Waals surface area contributed by atoms with Gasteiger partial charge in [-0.05, 0) is 43.7 Å². The van der Waals surface area contributed by atoms with Crippen LogP contribution in [-0.2, 0) is 0 Å². The average Bonchev–Trinajstić information content (AvgIpc) is 2.56. The Kier molecular flexibility index (Phi) is 3.01. The van der Waals surface area contributed by atoms with Crippen molar-refractivity contribution in [3.8, 4) is 0 Å². The number of nitrogens with one attached hydrogen (secondary N) is 1. The minimum atomic E-state index is 0.492. The maximum atomic E-state index is 6.16. The standard InChI is InChI=1S/C11H13Cl2N/c1-7-9(4-5-14-7)10-6-8(12)2-3-11(10)13/h2-3,6-7,9,14H,4-5H2,1H3. The molecule has 1 N–H and O–H groups in total. The molecule has 14 heavy (non-hydrogen) atoms. The topological polar surface area (TPSA) is 12.0 Å². The van der Waals surface area contributed by atoms with Gasteiger partial charge in [0, 0.05) is 22.0 Å². The molecule has 0 aromatic heterocycles. The van der Waals surface area contributed by atoms with Crippen molar-refractivity contribution in [2.24, 2.45) is 0 Å². The van der Waals surface area contributed by atoms with Crippen LogP contribution in [0.15, 0.2) is 18.2 Å². The molecule has 1 fully saturated rings. The number of rotatable bonds is 1. The highest BCUT2D eigenvalue weighted by Crippen LogP contribution is 2.34. The molecular formula is C11H13Cl2N. The third kappa shape index (κ3) is 1.90. The predicted molar refractivity (Wildman–Crippen MR) is 61.3 cm³/mol. The van der Waals surface area contributed by atoms with Gasteiger partial charge in [-0.1, -0.05) is 23.2 Å². The van der Waals surface area contributed by atoms with Gasteiger partial charge in [0.05, 0.1) is 0 Å². The van der Waals surface area contributed by atoms with E-state index in [9.17, 15) is 0 Å². The normalized spacial score (nSPS) is 26.8. The zero-order chi connectivity index (χ0) is 10.1. The predicted octanol–water partition coefficient (Wildman–Crippen LogP) is 3.46. The summed E-state index contributed by atoms with van der Waals surface area (Å²) in [4.78, 5) is 0. The lowest BCUT2D eigenvalue weighted by Crippen LogP contribution is -2.21. The van der Waals surface area contributed by atoms with E-state index in [0.29, 0.717) is 12.0 Å². The highest BCUT2D eigenvalue weighted by molar-refractivity contribution is 6.33. The SMILES string of the molecule is CC1NCCC1c1cc(Cl)ccc1Cl. The molecule has 1 aromatic carbocycles. The Morgan fingerprint density at radius 1 is 1.36 bits per heavy atom. The lowest BCUT2D eigenvalue weighted by molar-refractivity contribution is 0.594. The molecule has 1 aliphatic heterocycles. The fraction of sp³-hybridized carbons (Fsp3) is 0.455. The lowest BCUT2D eigenvalue weighted by Gasteiger charge is -2.17. The Morgan fingerprint density at radius 2 is 2.14 bits per heavy atom. The largest absolute Gasteiger partial charge is 0.314 e. The Labute approximate surface area is 94.4 Å². The molecule has 2 unspecified atom stereocenters. The van der Waals surface area contributed by atoms with Gasteiger partial charge in [-0.15, -0.1) is 0 Å². The quantitative estimate of drug-likeness (QED) is 0.778. The Morgan fingerprint density at radius 3 is 2.79 bits per heavy atom. The molecule has 3 heteroatoms. The van der Waals surface area contributed by atoms with E-state index in [2.05, 4.69) is 12.2 Å². The second-order valence-corrected chi connectivity index (χ2v) is 4.65. The van der Waals surface area contributed by atoms with Crippen LogP contribution in [0, 0.1) is 0 Å². The second kappa shape index (κ2) is 4.09. The molecule has 0 aliphatic carbocycles. The lowest BCUT2D eigenvalue weighted by atomic mass is 9.93. The van der Waals surface area contributed by atoms with Crippen LogP contribution in [0.2, 0.25) is 10.0 Å². The molecule has 0 spiro atoms. The highest BCUT2D eigenvalue weighted by Gasteiger charge is 2.26. The van der Waals surface area contributed by atoms with E-state index in [4.69, 9.17) is 23.2 Å². The minimum absolute atomic E-state index is 0.492. The first kappa shape index (κ1) is 10.3. The van der Waals surface area contributed by atoms with Gasteiger partial charge in [0.15, 0.2) is 0 Å². The molecule has 1 saturated heterocycles. The van der Waals surface area contributed by atoms with Crippen molar-refractivity contribution < 1.29 is 0 Å². The van der Waals surface area contributed by atoms with Crippen molar-refractivity contribution in [1.29, 1.82) is 0 Å². The van der Waals surface area contributed by atoms with Gasteiger partial charge < -0.3 is 5.32 Å². The van der Waals surface area contributed by atoms with Gasteiger partial charge in [0.25, 0.3) is 0 Å². The van der Waals surface area contributed by atoms with Crippen LogP contribution in [0.5, 0.6) is 0 Å². The Bertz CT molecular complexity index is 338. The fourth-order valence-electron chi connectivity index (χ4n) is 2.08. The third-order valence-electron chi connectivity index (χ3n) is 2.88. The Balaban J connectivity index is 2.34. The molecule has 2 rings (SSSR count). The van der Waals surface area contributed by atoms with Crippen molar-refractivity contribution in [1.82, 2.24) is 5.32 Å². The van der Waals surface area contributed by atoms with E-state index in [1.54, 1.807) is 0 Å². The summed E-state index contributed by atoms with van der Waals surface area (Å²) in [6.07, 6.45) is 1.14. The van der Waals surface area contributed by atoms with Crippen LogP contribution in [0.4, 0.5) is 0 Å². The summed E-state index contributed by atoms with van der Waals surface area (Å²) in [5.74, 6) is 0.501. The van der Waals surface area contributed by atoms with E-state index in [1.165, 1.54) is 5.56 Å². The van der Waals surface area contributed by atoms with Crippen LogP contribution < -0.4 is 5.32 Å². The molecule has 1 heterocycles. The van der Waals surface area contributed by atoms with Gasteiger partial charge in [-0.25, -0.2) is 0 Å². The number of hydrogen-bond acceptors (Lipinski definition) is 1. The van der Waals surface area contributed by atoms with Crippen LogP contribution in [0.25, 0.3) is 0 Å². The third-order valence-corrected chi connectivity index (χ3v) is 3.46. The van der Waals surface area contributed by atoms with Crippen LogP contribution >= 0.6 is 23.2 Å². The number of hydrogen-bond donors (Lipinski definition) is 1.